The van der Waals surface area contributed by atoms with Crippen molar-refractivity contribution in [3.05, 3.63) is 47.5 Å². The number of carbonyl (C=O) groups excluding carboxylic acids is 1. The molecule has 3 heterocycles. The third-order valence-corrected chi connectivity index (χ3v) is 9.73. The molecule has 0 aliphatic carbocycles. The van der Waals surface area contributed by atoms with Gasteiger partial charge in [0, 0.05) is 50.2 Å². The molecule has 2 fully saturated rings. The van der Waals surface area contributed by atoms with Gasteiger partial charge in [-0.2, -0.15) is 8.61 Å². The number of sulfonamides is 2. The molecule has 1 aromatic carbocycles. The van der Waals surface area contributed by atoms with E-state index in [-0.39, 0.29) is 24.5 Å². The summed E-state index contributed by atoms with van der Waals surface area (Å²) < 4.78 is 95.7. The number of hydrogen-bond acceptors (Lipinski definition) is 5. The highest BCUT2D eigenvalue weighted by atomic mass is 32.2. The highest BCUT2D eigenvalue weighted by molar-refractivity contribution is 7.89. The van der Waals surface area contributed by atoms with Crippen LogP contribution in [-0.2, 0) is 27.1 Å². The molecule has 0 spiro atoms. The Morgan fingerprint density at radius 2 is 1.70 bits per heavy atom. The van der Waals surface area contributed by atoms with Gasteiger partial charge in [0.05, 0.1) is 5.75 Å². The minimum atomic E-state index is -4.37. The summed E-state index contributed by atoms with van der Waals surface area (Å²) in [6.07, 6.45) is 1.26. The normalized spacial score (nSPS) is 21.6. The Hall–Kier alpha value is -2.42. The average molecular weight is 507 g/mol. The number of halogens is 3. The molecule has 2 bridgehead atoms. The van der Waals surface area contributed by atoms with Crippen LogP contribution in [0.15, 0.2) is 29.3 Å². The largest absolute Gasteiger partial charge is 0.343 e. The first kappa shape index (κ1) is 23.7. The molecule has 2 aliphatic rings. The molecule has 0 saturated carbocycles. The molecule has 1 aromatic heterocycles. The van der Waals surface area contributed by atoms with E-state index < -0.39 is 66.1 Å². The third kappa shape index (κ3) is 3.94. The third-order valence-electron chi connectivity index (χ3n) is 5.93. The highest BCUT2D eigenvalue weighted by Crippen LogP contribution is 2.37. The number of nitrogens with one attached hydrogen (secondary N) is 1. The predicted molar refractivity (Wildman–Crippen MR) is 112 cm³/mol. The summed E-state index contributed by atoms with van der Waals surface area (Å²) in [5.74, 6) is -4.79. The zero-order chi connectivity index (χ0) is 24.3. The lowest BCUT2D eigenvalue weighted by Gasteiger charge is -2.32. The predicted octanol–water partition coefficient (Wildman–Crippen LogP) is 1.49. The van der Waals surface area contributed by atoms with Crippen LogP contribution in [0.25, 0.3) is 0 Å². The van der Waals surface area contributed by atoms with E-state index in [4.69, 9.17) is 0 Å². The van der Waals surface area contributed by atoms with Gasteiger partial charge in [-0.15, -0.1) is 0 Å². The Bertz CT molecular complexity index is 1340. The fraction of sp³-hybridized carbons (Fsp3) is 0.421. The van der Waals surface area contributed by atoms with Gasteiger partial charge in [0.25, 0.3) is 5.91 Å². The highest BCUT2D eigenvalue weighted by Gasteiger charge is 2.52. The van der Waals surface area contributed by atoms with Crippen molar-refractivity contribution in [3.8, 4) is 0 Å². The first-order valence-corrected chi connectivity index (χ1v) is 13.0. The zero-order valence-corrected chi connectivity index (χ0v) is 19.3. The molecule has 2 aliphatic heterocycles. The molecule has 2 unspecified atom stereocenters. The van der Waals surface area contributed by atoms with Crippen LogP contribution < -0.4 is 5.32 Å². The van der Waals surface area contributed by atoms with Crippen LogP contribution >= 0.6 is 0 Å². The maximum atomic E-state index is 15.2. The van der Waals surface area contributed by atoms with E-state index in [1.54, 1.807) is 0 Å². The van der Waals surface area contributed by atoms with Gasteiger partial charge in [0.1, 0.15) is 10.6 Å². The Morgan fingerprint density at radius 1 is 1.06 bits per heavy atom. The van der Waals surface area contributed by atoms with Crippen molar-refractivity contribution in [2.45, 2.75) is 30.3 Å². The lowest BCUT2D eigenvalue weighted by atomic mass is 10.2. The van der Waals surface area contributed by atoms with Gasteiger partial charge < -0.3 is 9.88 Å². The van der Waals surface area contributed by atoms with Gasteiger partial charge in [0.15, 0.2) is 17.5 Å². The summed E-state index contributed by atoms with van der Waals surface area (Å²) in [6.45, 7) is 1.37. The molecule has 0 radical (unpaired) electrons. The van der Waals surface area contributed by atoms with E-state index in [1.165, 1.54) is 18.3 Å². The van der Waals surface area contributed by atoms with Gasteiger partial charge in [-0.05, 0) is 25.5 Å². The summed E-state index contributed by atoms with van der Waals surface area (Å²) in [7, 11) is -6.59. The van der Waals surface area contributed by atoms with E-state index in [0.29, 0.717) is 12.5 Å². The summed E-state index contributed by atoms with van der Waals surface area (Å²) >= 11 is 0. The first-order valence-electron chi connectivity index (χ1n) is 9.99. The van der Waals surface area contributed by atoms with E-state index in [2.05, 4.69) is 5.32 Å². The SMILES string of the molecule is CCS(=O)(=O)N1CC2CC1CN2S(=O)(=O)c1cn(C)c(C(=O)Nc2ccc(F)c(F)c2)c1F. The van der Waals surface area contributed by atoms with Crippen LogP contribution in [0.2, 0.25) is 0 Å². The van der Waals surface area contributed by atoms with Crippen molar-refractivity contribution < 1.29 is 34.8 Å². The maximum Gasteiger partial charge on any atom is 0.275 e. The Morgan fingerprint density at radius 3 is 2.27 bits per heavy atom. The van der Waals surface area contributed by atoms with Crippen LogP contribution in [0.1, 0.15) is 23.8 Å². The molecule has 2 atom stereocenters. The van der Waals surface area contributed by atoms with Crippen molar-refractivity contribution in [1.29, 1.82) is 0 Å². The van der Waals surface area contributed by atoms with Crippen molar-refractivity contribution in [2.24, 2.45) is 7.05 Å². The Balaban J connectivity index is 1.59. The molecular formula is C19H21F3N4O5S2. The number of anilines is 1. The lowest BCUT2D eigenvalue weighted by Crippen LogP contribution is -2.50. The monoisotopic (exact) mass is 506 g/mol. The average Bonchev–Trinajstić information content (AvgIpc) is 3.44. The fourth-order valence-electron chi connectivity index (χ4n) is 4.29. The second-order valence-corrected chi connectivity index (χ2v) is 12.0. The summed E-state index contributed by atoms with van der Waals surface area (Å²) in [4.78, 5) is 11.8. The lowest BCUT2D eigenvalue weighted by molar-refractivity contribution is 0.101. The van der Waals surface area contributed by atoms with Crippen LogP contribution in [0.3, 0.4) is 0 Å². The molecule has 33 heavy (non-hydrogen) atoms. The molecule has 9 nitrogen and oxygen atoms in total. The molecule has 14 heteroatoms. The van der Waals surface area contributed by atoms with Gasteiger partial charge in [0.2, 0.25) is 20.0 Å². The van der Waals surface area contributed by atoms with E-state index >= 15 is 4.39 Å². The number of rotatable bonds is 6. The molecule has 180 valence electrons. The number of fused-ring (bicyclic) bond motifs is 2. The molecule has 2 aromatic rings. The quantitative estimate of drug-likeness (QED) is 0.639. The van der Waals surface area contributed by atoms with E-state index in [1.807, 2.05) is 0 Å². The number of nitrogens with zero attached hydrogens (tertiary/aromatic N) is 3. The summed E-state index contributed by atoms with van der Waals surface area (Å²) in [6, 6.07) is 1.40. The second kappa shape index (κ2) is 8.11. The number of piperazine rings is 1. The smallest absolute Gasteiger partial charge is 0.275 e. The Kier molecular flexibility index (Phi) is 5.83. The number of benzene rings is 1. The van der Waals surface area contributed by atoms with Gasteiger partial charge >= 0.3 is 0 Å². The van der Waals surface area contributed by atoms with Gasteiger partial charge in [-0.25, -0.2) is 30.0 Å². The minimum Gasteiger partial charge on any atom is -0.343 e. The molecule has 1 amide bonds. The van der Waals surface area contributed by atoms with Gasteiger partial charge in [-0.3, -0.25) is 4.79 Å². The molecule has 4 rings (SSSR count). The number of carbonyl (C=O) groups is 1. The zero-order valence-electron chi connectivity index (χ0n) is 17.6. The van der Waals surface area contributed by atoms with Crippen LogP contribution in [0.5, 0.6) is 0 Å². The maximum absolute atomic E-state index is 15.2. The van der Waals surface area contributed by atoms with Crippen molar-refractivity contribution >= 4 is 31.6 Å². The van der Waals surface area contributed by atoms with E-state index in [0.717, 1.165) is 27.2 Å². The number of hydrogen-bond donors (Lipinski definition) is 1. The number of amides is 1. The fourth-order valence-corrected chi connectivity index (χ4v) is 7.41. The van der Waals surface area contributed by atoms with Crippen LogP contribution in [-0.4, -0.2) is 66.8 Å². The second-order valence-electron chi connectivity index (χ2n) is 7.94. The van der Waals surface area contributed by atoms with Crippen molar-refractivity contribution in [2.75, 3.05) is 24.2 Å². The Labute approximate surface area is 188 Å². The molecule has 2 saturated heterocycles. The number of aromatic nitrogens is 1. The van der Waals surface area contributed by atoms with Gasteiger partial charge in [-0.1, -0.05) is 0 Å². The minimum absolute atomic E-state index is 0.0159. The number of aryl methyl sites for hydroxylation is 1. The topological polar surface area (TPSA) is 109 Å². The molecular weight excluding hydrogens is 485 g/mol. The summed E-state index contributed by atoms with van der Waals surface area (Å²) in [5.41, 5.74) is -0.754. The van der Waals surface area contributed by atoms with E-state index in [9.17, 15) is 30.4 Å². The first-order chi connectivity index (χ1) is 15.4. The van der Waals surface area contributed by atoms with Crippen LogP contribution in [0.4, 0.5) is 18.9 Å². The molecule has 1 N–H and O–H groups in total. The van der Waals surface area contributed by atoms with Crippen LogP contribution in [0, 0.1) is 17.5 Å². The van der Waals surface area contributed by atoms with Crippen molar-refractivity contribution in [1.82, 2.24) is 13.2 Å². The standard InChI is InChI=1S/C19H21F3N4O5S2/c1-3-32(28,29)25-8-13-7-12(25)9-26(13)33(30,31)16-10-24(2)18(17(16)22)19(27)23-11-4-5-14(20)15(21)6-11/h4-6,10,12-13H,3,7-9H2,1-2H3,(H,23,27). The van der Waals surface area contributed by atoms with Crippen molar-refractivity contribution in [3.63, 3.8) is 0 Å². The summed E-state index contributed by atoms with van der Waals surface area (Å²) in [5, 5.41) is 2.21.